The molecular formula is C28H33N5O12S. The van der Waals surface area contributed by atoms with Crippen LogP contribution in [0.25, 0.3) is 0 Å². The Bertz CT molecular complexity index is 1410. The maximum Gasteiger partial charge on any atom is 0.408 e. The van der Waals surface area contributed by atoms with Crippen LogP contribution in [-0.4, -0.2) is 75.8 Å². The molecule has 46 heavy (non-hydrogen) atoms. The largest absolute Gasteiger partial charge is 0.480 e. The number of carbonyl (C=O) groups excluding carboxylic acids is 4. The van der Waals surface area contributed by atoms with Crippen LogP contribution in [0.2, 0.25) is 0 Å². The number of benzene rings is 2. The number of thioether (sulfide) groups is 1. The molecule has 4 N–H and O–H groups in total. The lowest BCUT2D eigenvalue weighted by atomic mass is 10.1. The summed E-state index contributed by atoms with van der Waals surface area (Å²) in [7, 11) is 0. The van der Waals surface area contributed by atoms with Crippen molar-refractivity contribution < 1.29 is 48.4 Å². The Morgan fingerprint density at radius 3 is 2.30 bits per heavy atom. The lowest BCUT2D eigenvalue weighted by Gasteiger charge is -2.20. The van der Waals surface area contributed by atoms with Gasteiger partial charge in [-0.1, -0.05) is 43.7 Å². The summed E-state index contributed by atoms with van der Waals surface area (Å²) in [5.41, 5.74) is -0.437. The number of amides is 3. The van der Waals surface area contributed by atoms with Gasteiger partial charge in [0.15, 0.2) is 0 Å². The number of nitro groups is 2. The third-order valence-corrected chi connectivity index (χ3v) is 7.17. The van der Waals surface area contributed by atoms with Crippen molar-refractivity contribution in [3.8, 4) is 0 Å². The average Bonchev–Trinajstić information content (AvgIpc) is 3.03. The highest BCUT2D eigenvalue weighted by Gasteiger charge is 2.28. The lowest BCUT2D eigenvalue weighted by Crippen LogP contribution is -2.50. The first-order chi connectivity index (χ1) is 21.9. The zero-order chi connectivity index (χ0) is 34.1. The molecule has 0 aliphatic rings. The van der Waals surface area contributed by atoms with Gasteiger partial charge in [-0.05, 0) is 24.5 Å². The molecule has 0 aromatic heterocycles. The smallest absolute Gasteiger partial charge is 0.408 e. The van der Waals surface area contributed by atoms with Crippen LogP contribution >= 0.6 is 11.8 Å². The van der Waals surface area contributed by atoms with E-state index in [-0.39, 0.29) is 30.3 Å². The number of ether oxygens (including phenoxy) is 2. The molecule has 3 amide bonds. The van der Waals surface area contributed by atoms with Gasteiger partial charge in [0.25, 0.3) is 11.4 Å². The zero-order valence-corrected chi connectivity index (χ0v) is 25.5. The van der Waals surface area contributed by atoms with E-state index in [0.717, 1.165) is 36.4 Å². The number of hydrogen-bond donors (Lipinski definition) is 4. The number of nitrogens with zero attached hydrogens (tertiary/aromatic N) is 2. The van der Waals surface area contributed by atoms with E-state index in [4.69, 9.17) is 14.6 Å². The molecule has 0 aliphatic carbocycles. The number of carboxylic acid groups (broad SMARTS) is 1. The predicted octanol–water partition coefficient (Wildman–Crippen LogP) is 2.70. The first-order valence-corrected chi connectivity index (χ1v) is 14.9. The van der Waals surface area contributed by atoms with Crippen LogP contribution in [0.4, 0.5) is 16.2 Å². The molecule has 0 spiro atoms. The Kier molecular flexibility index (Phi) is 15.4. The number of nitro benzene ring substituents is 2. The van der Waals surface area contributed by atoms with Crippen LogP contribution in [0.3, 0.4) is 0 Å². The Balaban J connectivity index is 2.11. The number of esters is 1. The van der Waals surface area contributed by atoms with Gasteiger partial charge in [0.1, 0.15) is 25.2 Å². The number of hydrogen-bond acceptors (Lipinski definition) is 12. The molecule has 18 heteroatoms. The van der Waals surface area contributed by atoms with E-state index in [1.54, 1.807) is 30.3 Å². The minimum absolute atomic E-state index is 0.0472. The molecule has 0 saturated heterocycles. The van der Waals surface area contributed by atoms with Crippen LogP contribution in [0, 0.1) is 20.2 Å². The molecule has 2 unspecified atom stereocenters. The van der Waals surface area contributed by atoms with Crippen molar-refractivity contribution in [2.75, 3.05) is 18.9 Å². The average molecular weight is 664 g/mol. The lowest BCUT2D eigenvalue weighted by molar-refractivity contribution is -0.396. The molecule has 2 rings (SSSR count). The zero-order valence-electron chi connectivity index (χ0n) is 24.7. The molecule has 2 aromatic rings. The van der Waals surface area contributed by atoms with Crippen molar-refractivity contribution in [2.24, 2.45) is 0 Å². The van der Waals surface area contributed by atoms with Gasteiger partial charge in [0.2, 0.25) is 11.8 Å². The second kappa shape index (κ2) is 19.2. The molecule has 0 radical (unpaired) electrons. The normalized spacial score (nSPS) is 11.8. The monoisotopic (exact) mass is 663 g/mol. The van der Waals surface area contributed by atoms with E-state index in [2.05, 4.69) is 16.0 Å². The standard InChI is InChI=1S/C28H33N5O12S/c1-2-3-13-44-27(38)20(31-28(39)45-16-18-7-5-4-6-8-18)10-12-24(34)30-21(26(37)29-15-25(35)36)17-46-23-11-9-19(32(40)41)14-22(23)33(42)43/h4-9,11,14,20-21H,2-3,10,12-13,15-17H2,1H3,(H,29,37)(H,30,34)(H,31,39)(H,35,36). The summed E-state index contributed by atoms with van der Waals surface area (Å²) in [5.74, 6) is -4.21. The second-order valence-corrected chi connectivity index (χ2v) is 10.6. The summed E-state index contributed by atoms with van der Waals surface area (Å²) < 4.78 is 10.4. The van der Waals surface area contributed by atoms with Crippen molar-refractivity contribution in [1.29, 1.82) is 0 Å². The molecule has 2 atom stereocenters. The van der Waals surface area contributed by atoms with E-state index in [1.807, 2.05) is 6.92 Å². The van der Waals surface area contributed by atoms with E-state index in [1.165, 1.54) is 0 Å². The van der Waals surface area contributed by atoms with E-state index >= 15 is 0 Å². The fourth-order valence-electron chi connectivity index (χ4n) is 3.64. The SMILES string of the molecule is CCCCOC(=O)C(CCC(=O)NC(CSc1ccc([N+](=O)[O-])cc1[N+](=O)[O-])C(=O)NCC(=O)O)NC(=O)OCc1ccccc1. The van der Waals surface area contributed by atoms with Crippen LogP contribution in [-0.2, 0) is 35.3 Å². The maximum atomic E-state index is 12.9. The third-order valence-electron chi connectivity index (χ3n) is 6.01. The number of aliphatic carboxylic acids is 1. The van der Waals surface area contributed by atoms with E-state index in [9.17, 15) is 44.2 Å². The van der Waals surface area contributed by atoms with Crippen LogP contribution in [0.15, 0.2) is 53.4 Å². The highest BCUT2D eigenvalue weighted by molar-refractivity contribution is 7.99. The van der Waals surface area contributed by atoms with Crippen molar-refractivity contribution >= 4 is 53.0 Å². The Labute approximate surface area is 266 Å². The first-order valence-electron chi connectivity index (χ1n) is 13.9. The summed E-state index contributed by atoms with van der Waals surface area (Å²) in [6.45, 7) is 1.10. The quantitative estimate of drug-likeness (QED) is 0.0556. The summed E-state index contributed by atoms with van der Waals surface area (Å²) in [6, 6.07) is 8.95. The van der Waals surface area contributed by atoms with Crippen molar-refractivity contribution in [2.45, 2.75) is 56.2 Å². The molecular weight excluding hydrogens is 630 g/mol. The molecule has 0 heterocycles. The minimum Gasteiger partial charge on any atom is -0.480 e. The summed E-state index contributed by atoms with van der Waals surface area (Å²) >= 11 is 0.726. The third kappa shape index (κ3) is 13.2. The highest BCUT2D eigenvalue weighted by Crippen LogP contribution is 2.32. The summed E-state index contributed by atoms with van der Waals surface area (Å²) in [6.07, 6.45) is -0.304. The van der Waals surface area contributed by atoms with Gasteiger partial charge >= 0.3 is 18.0 Å². The molecule has 2 aromatic carbocycles. The molecule has 0 saturated carbocycles. The predicted molar refractivity (Wildman–Crippen MR) is 162 cm³/mol. The number of rotatable bonds is 19. The van der Waals surface area contributed by atoms with Gasteiger partial charge in [-0.25, -0.2) is 9.59 Å². The molecule has 0 fully saturated rings. The number of unbranched alkanes of at least 4 members (excludes halogenated alkanes) is 1. The van der Waals surface area contributed by atoms with Gasteiger partial charge in [0.05, 0.1) is 27.4 Å². The van der Waals surface area contributed by atoms with Crippen molar-refractivity contribution in [3.05, 3.63) is 74.3 Å². The van der Waals surface area contributed by atoms with Crippen LogP contribution in [0.5, 0.6) is 0 Å². The second-order valence-electron chi connectivity index (χ2n) is 9.53. The molecule has 0 aliphatic heterocycles. The highest BCUT2D eigenvalue weighted by atomic mass is 32.2. The van der Waals surface area contributed by atoms with Crippen molar-refractivity contribution in [3.63, 3.8) is 0 Å². The van der Waals surface area contributed by atoms with Gasteiger partial charge in [-0.3, -0.25) is 34.6 Å². The topological polar surface area (TPSA) is 246 Å². The van der Waals surface area contributed by atoms with Gasteiger partial charge < -0.3 is 30.5 Å². The molecule has 0 bridgehead atoms. The first kappa shape index (κ1) is 36.9. The molecule has 248 valence electrons. The fourth-order valence-corrected chi connectivity index (χ4v) is 4.67. The number of non-ortho nitro benzene ring substituents is 1. The fraction of sp³-hybridized carbons (Fsp3) is 0.393. The van der Waals surface area contributed by atoms with E-state index < -0.39 is 76.1 Å². The van der Waals surface area contributed by atoms with E-state index in [0.29, 0.717) is 12.0 Å². The maximum absolute atomic E-state index is 12.9. The Hall–Kier alpha value is -5.26. The summed E-state index contributed by atoms with van der Waals surface area (Å²) in [4.78, 5) is 82.5. The van der Waals surface area contributed by atoms with Crippen LogP contribution < -0.4 is 16.0 Å². The van der Waals surface area contributed by atoms with Gasteiger partial charge in [-0.15, -0.1) is 11.8 Å². The van der Waals surface area contributed by atoms with Crippen molar-refractivity contribution in [1.82, 2.24) is 16.0 Å². The van der Waals surface area contributed by atoms with Gasteiger partial charge in [-0.2, -0.15) is 0 Å². The molecule has 17 nitrogen and oxygen atoms in total. The number of nitrogens with one attached hydrogen (secondary N) is 3. The number of alkyl carbamates (subject to hydrolysis) is 1. The van der Waals surface area contributed by atoms with Gasteiger partial charge in [0, 0.05) is 18.2 Å². The Morgan fingerprint density at radius 2 is 1.67 bits per heavy atom. The Morgan fingerprint density at radius 1 is 0.957 bits per heavy atom. The summed E-state index contributed by atoms with van der Waals surface area (Å²) in [5, 5.41) is 38.3. The minimum atomic E-state index is -1.41. The number of carbonyl (C=O) groups is 5. The van der Waals surface area contributed by atoms with Crippen LogP contribution in [0.1, 0.15) is 38.2 Å². The number of carboxylic acids is 1.